The highest BCUT2D eigenvalue weighted by molar-refractivity contribution is 6.22. The predicted molar refractivity (Wildman–Crippen MR) is 122 cm³/mol. The lowest BCUT2D eigenvalue weighted by atomic mass is 9.97. The van der Waals surface area contributed by atoms with Crippen LogP contribution in [0.3, 0.4) is 0 Å². The van der Waals surface area contributed by atoms with Gasteiger partial charge in [0.05, 0.1) is 34.0 Å². The molecule has 6 nitrogen and oxygen atoms in total. The number of hydrogen-bond donors (Lipinski definition) is 1. The fourth-order valence-electron chi connectivity index (χ4n) is 4.00. The van der Waals surface area contributed by atoms with Crippen LogP contribution in [0.25, 0.3) is 0 Å². The minimum atomic E-state index is -4.88. The molecule has 0 aliphatic carbocycles. The maximum absolute atomic E-state index is 13.8. The molecular weight excluding hydrogens is 516 g/mol. The molecule has 12 heteroatoms. The highest BCUT2D eigenvalue weighted by Crippen LogP contribution is 2.37. The molecule has 1 aliphatic heterocycles. The van der Waals surface area contributed by atoms with E-state index < -0.39 is 52.9 Å². The number of benzene rings is 2. The normalized spacial score (nSPS) is 14.3. The molecule has 3 amide bonds. The van der Waals surface area contributed by atoms with Crippen molar-refractivity contribution >= 4 is 17.7 Å². The van der Waals surface area contributed by atoms with Crippen molar-refractivity contribution in [2.24, 2.45) is 0 Å². The zero-order chi connectivity index (χ0) is 27.8. The van der Waals surface area contributed by atoms with Crippen molar-refractivity contribution in [3.63, 3.8) is 0 Å². The Labute approximate surface area is 211 Å². The average molecular weight is 533 g/mol. The van der Waals surface area contributed by atoms with Crippen molar-refractivity contribution in [3.8, 4) is 0 Å². The summed E-state index contributed by atoms with van der Waals surface area (Å²) < 4.78 is 80.4. The third-order valence-electron chi connectivity index (χ3n) is 5.81. The number of aromatic nitrogens is 1. The molecule has 3 aromatic rings. The van der Waals surface area contributed by atoms with Crippen LogP contribution in [0.5, 0.6) is 0 Å². The van der Waals surface area contributed by atoms with Crippen LogP contribution < -0.4 is 5.32 Å². The molecule has 2 aromatic carbocycles. The summed E-state index contributed by atoms with van der Waals surface area (Å²) in [4.78, 5) is 42.9. The highest BCUT2D eigenvalue weighted by Gasteiger charge is 2.38. The number of imide groups is 1. The number of hydrogen-bond acceptors (Lipinski definition) is 4. The second kappa shape index (κ2) is 9.77. The minimum absolute atomic E-state index is 0.0387. The first-order valence-electron chi connectivity index (χ1n) is 10.9. The van der Waals surface area contributed by atoms with Crippen LogP contribution in [0.2, 0.25) is 0 Å². The maximum atomic E-state index is 13.8. The van der Waals surface area contributed by atoms with Gasteiger partial charge in [-0.05, 0) is 48.0 Å². The van der Waals surface area contributed by atoms with Crippen molar-refractivity contribution in [1.82, 2.24) is 15.2 Å². The largest absolute Gasteiger partial charge is 0.418 e. The van der Waals surface area contributed by atoms with E-state index in [4.69, 9.17) is 0 Å². The van der Waals surface area contributed by atoms with Gasteiger partial charge in [0.15, 0.2) is 0 Å². The van der Waals surface area contributed by atoms with Crippen molar-refractivity contribution in [1.29, 1.82) is 0 Å². The lowest BCUT2D eigenvalue weighted by Gasteiger charge is -2.23. The Morgan fingerprint density at radius 2 is 1.61 bits per heavy atom. The fraction of sp³-hybridized carbons (Fsp3) is 0.154. The highest BCUT2D eigenvalue weighted by atomic mass is 19.4. The van der Waals surface area contributed by atoms with E-state index in [9.17, 15) is 40.7 Å². The van der Waals surface area contributed by atoms with E-state index >= 15 is 0 Å². The van der Waals surface area contributed by atoms with E-state index in [-0.39, 0.29) is 28.8 Å². The Morgan fingerprint density at radius 3 is 2.21 bits per heavy atom. The first kappa shape index (κ1) is 26.6. The number of amides is 3. The number of nitrogens with zero attached hydrogens (tertiary/aromatic N) is 2. The molecule has 1 N–H and O–H groups in total. The molecule has 0 radical (unpaired) electrons. The molecule has 2 heterocycles. The Balaban J connectivity index is 1.74. The molecule has 1 atom stereocenters. The smallest absolute Gasteiger partial charge is 0.340 e. The summed E-state index contributed by atoms with van der Waals surface area (Å²) in [7, 11) is 0. The van der Waals surface area contributed by atoms with Crippen molar-refractivity contribution in [2.75, 3.05) is 6.54 Å². The summed E-state index contributed by atoms with van der Waals surface area (Å²) in [6, 6.07) is 6.99. The summed E-state index contributed by atoms with van der Waals surface area (Å²) in [5.74, 6) is -2.22. The van der Waals surface area contributed by atoms with Crippen LogP contribution in [0, 0.1) is 0 Å². The molecule has 4 rings (SSSR count). The number of pyridine rings is 1. The van der Waals surface area contributed by atoms with Gasteiger partial charge in [-0.3, -0.25) is 24.3 Å². The van der Waals surface area contributed by atoms with Crippen LogP contribution in [0.4, 0.5) is 26.3 Å². The number of alkyl halides is 6. The van der Waals surface area contributed by atoms with Crippen molar-refractivity contribution < 1.29 is 40.7 Å². The van der Waals surface area contributed by atoms with E-state index in [1.54, 1.807) is 0 Å². The molecule has 0 unspecified atom stereocenters. The van der Waals surface area contributed by atoms with Crippen LogP contribution in [-0.2, 0) is 12.4 Å². The molecule has 1 aliphatic rings. The number of halogens is 6. The van der Waals surface area contributed by atoms with Gasteiger partial charge in [0.1, 0.15) is 0 Å². The number of nitrogens with one attached hydrogen (secondary N) is 1. The molecule has 1 aromatic heterocycles. The minimum Gasteiger partial charge on any atom is -0.340 e. The zero-order valence-electron chi connectivity index (χ0n) is 19.2. The van der Waals surface area contributed by atoms with E-state index in [2.05, 4.69) is 16.9 Å². The SMILES string of the molecule is C=CCN1C(=O)c2ccc(C(=O)N[C@@H](c3ccc(C(F)(F)F)cc3)c3ncccc3C(F)(F)F)cc2C1=O. The molecular formula is C26H17F6N3O3. The second-order valence-corrected chi connectivity index (χ2v) is 8.23. The Morgan fingerprint density at radius 1 is 0.947 bits per heavy atom. The van der Waals surface area contributed by atoms with E-state index in [0.29, 0.717) is 12.1 Å². The first-order valence-corrected chi connectivity index (χ1v) is 10.9. The van der Waals surface area contributed by atoms with E-state index in [0.717, 1.165) is 41.4 Å². The van der Waals surface area contributed by atoms with Crippen LogP contribution >= 0.6 is 0 Å². The summed E-state index contributed by atoms with van der Waals surface area (Å²) in [6.45, 7) is 3.41. The lowest BCUT2D eigenvalue weighted by Crippen LogP contribution is -2.32. The third-order valence-corrected chi connectivity index (χ3v) is 5.81. The second-order valence-electron chi connectivity index (χ2n) is 8.23. The summed E-state index contributed by atoms with van der Waals surface area (Å²) in [6.07, 6.45) is -7.17. The van der Waals surface area contributed by atoms with Gasteiger partial charge in [-0.1, -0.05) is 18.2 Å². The molecule has 0 bridgehead atoms. The standard InChI is InChI=1S/C26H17F6N3O3/c1-2-12-35-23(37)17-10-7-15(13-18(17)24(35)38)22(36)34-20(14-5-8-16(9-6-14)25(27,28)29)21-19(26(30,31)32)4-3-11-33-21/h2-11,13,20H,1,12H2,(H,34,36)/t20-/m0/s1. The van der Waals surface area contributed by atoms with Gasteiger partial charge < -0.3 is 5.32 Å². The molecule has 0 fully saturated rings. The third kappa shape index (κ3) is 5.01. The topological polar surface area (TPSA) is 79.4 Å². The summed E-state index contributed by atoms with van der Waals surface area (Å²) >= 11 is 0. The lowest BCUT2D eigenvalue weighted by molar-refractivity contribution is -0.139. The number of fused-ring (bicyclic) bond motifs is 1. The Hall–Kier alpha value is -4.48. The van der Waals surface area contributed by atoms with E-state index in [1.165, 1.54) is 18.2 Å². The quantitative estimate of drug-likeness (QED) is 0.261. The predicted octanol–water partition coefficient (Wildman–Crippen LogP) is 5.42. The van der Waals surface area contributed by atoms with Gasteiger partial charge in [0.2, 0.25) is 0 Å². The van der Waals surface area contributed by atoms with Gasteiger partial charge in [-0.2, -0.15) is 26.3 Å². The van der Waals surface area contributed by atoms with Gasteiger partial charge in [0, 0.05) is 18.3 Å². The fourth-order valence-corrected chi connectivity index (χ4v) is 4.00. The number of carbonyl (C=O) groups is 3. The van der Waals surface area contributed by atoms with Crippen molar-refractivity contribution in [3.05, 3.63) is 113 Å². The first-order chi connectivity index (χ1) is 17.8. The maximum Gasteiger partial charge on any atom is 0.418 e. The summed E-state index contributed by atoms with van der Waals surface area (Å²) in [5, 5.41) is 2.38. The van der Waals surface area contributed by atoms with E-state index in [1.807, 2.05) is 0 Å². The molecule has 0 spiro atoms. The zero-order valence-corrected chi connectivity index (χ0v) is 19.2. The van der Waals surface area contributed by atoms with Gasteiger partial charge in [-0.15, -0.1) is 6.58 Å². The molecule has 0 saturated heterocycles. The van der Waals surface area contributed by atoms with Crippen LogP contribution in [-0.4, -0.2) is 34.2 Å². The van der Waals surface area contributed by atoms with Crippen molar-refractivity contribution in [2.45, 2.75) is 18.4 Å². The molecule has 38 heavy (non-hydrogen) atoms. The van der Waals surface area contributed by atoms with Gasteiger partial charge in [-0.25, -0.2) is 0 Å². The monoisotopic (exact) mass is 533 g/mol. The molecule has 196 valence electrons. The Bertz CT molecular complexity index is 1430. The summed E-state index contributed by atoms with van der Waals surface area (Å²) in [5.41, 5.74) is -3.17. The number of carbonyl (C=O) groups excluding carboxylic acids is 3. The van der Waals surface area contributed by atoms with Gasteiger partial charge >= 0.3 is 12.4 Å². The Kier molecular flexibility index (Phi) is 6.83. The molecule has 0 saturated carbocycles. The van der Waals surface area contributed by atoms with Crippen LogP contribution in [0.1, 0.15) is 59.5 Å². The number of rotatable bonds is 6. The average Bonchev–Trinajstić information content (AvgIpc) is 3.11. The van der Waals surface area contributed by atoms with Gasteiger partial charge in [0.25, 0.3) is 17.7 Å². The van der Waals surface area contributed by atoms with Crippen LogP contribution in [0.15, 0.2) is 73.4 Å².